The maximum Gasteiger partial charge on any atom is 0.205 e. The van der Waals surface area contributed by atoms with Crippen molar-refractivity contribution in [2.24, 2.45) is 0 Å². The van der Waals surface area contributed by atoms with E-state index in [0.29, 0.717) is 11.3 Å². The third kappa shape index (κ3) is 1.47. The molecule has 1 aliphatic heterocycles. The zero-order valence-electron chi connectivity index (χ0n) is 12.4. The van der Waals surface area contributed by atoms with E-state index >= 15 is 0 Å². The SMILES string of the molecule is [C-]#[N+]c1ccc2c(c[n+]3n2-c2cc(C)c(C)cc2C3)c1C#N. The molecular formula is C18H13N4+. The van der Waals surface area contributed by atoms with Crippen molar-refractivity contribution >= 4 is 16.6 Å². The van der Waals surface area contributed by atoms with Gasteiger partial charge in [0.25, 0.3) is 0 Å². The van der Waals surface area contributed by atoms with Gasteiger partial charge in [-0.1, -0.05) is 6.07 Å². The van der Waals surface area contributed by atoms with Crippen LogP contribution in [0, 0.1) is 31.8 Å². The van der Waals surface area contributed by atoms with Gasteiger partial charge >= 0.3 is 0 Å². The van der Waals surface area contributed by atoms with Crippen LogP contribution in [0.15, 0.2) is 30.5 Å². The first-order valence-electron chi connectivity index (χ1n) is 7.10. The summed E-state index contributed by atoms with van der Waals surface area (Å²) in [5.41, 5.74) is 6.86. The molecule has 0 radical (unpaired) electrons. The summed E-state index contributed by atoms with van der Waals surface area (Å²) in [7, 11) is 0. The Morgan fingerprint density at radius 1 is 1.27 bits per heavy atom. The number of nitriles is 1. The fraction of sp³-hybridized carbons (Fsp3) is 0.167. The molecule has 1 aromatic heterocycles. The fourth-order valence-electron chi connectivity index (χ4n) is 3.21. The van der Waals surface area contributed by atoms with Gasteiger partial charge in [0.15, 0.2) is 6.54 Å². The minimum Gasteiger partial charge on any atom is -0.237 e. The zero-order chi connectivity index (χ0) is 15.4. The van der Waals surface area contributed by atoms with Gasteiger partial charge < -0.3 is 0 Å². The van der Waals surface area contributed by atoms with Crippen molar-refractivity contribution in [1.82, 2.24) is 4.68 Å². The fourth-order valence-corrected chi connectivity index (χ4v) is 3.21. The Morgan fingerprint density at radius 3 is 2.77 bits per heavy atom. The summed E-state index contributed by atoms with van der Waals surface area (Å²) in [6.07, 6.45) is 1.98. The lowest BCUT2D eigenvalue weighted by Gasteiger charge is -2.04. The number of aryl methyl sites for hydroxylation is 2. The minimum atomic E-state index is 0.417. The largest absolute Gasteiger partial charge is 0.237 e. The summed E-state index contributed by atoms with van der Waals surface area (Å²) in [5, 5.41) is 10.2. The zero-order valence-corrected chi connectivity index (χ0v) is 12.4. The predicted octanol–water partition coefficient (Wildman–Crippen LogP) is 3.32. The first kappa shape index (κ1) is 12.6. The van der Waals surface area contributed by atoms with Crippen molar-refractivity contribution in [3.05, 3.63) is 64.1 Å². The molecule has 0 atom stereocenters. The summed E-state index contributed by atoms with van der Waals surface area (Å²) in [6.45, 7) is 12.2. The van der Waals surface area contributed by atoms with Crippen molar-refractivity contribution in [3.8, 4) is 11.8 Å². The van der Waals surface area contributed by atoms with Gasteiger partial charge in [-0.3, -0.25) is 0 Å². The summed E-state index contributed by atoms with van der Waals surface area (Å²) in [6, 6.07) is 10.3. The third-order valence-electron chi connectivity index (χ3n) is 4.45. The van der Waals surface area contributed by atoms with Crippen LogP contribution in [0.1, 0.15) is 22.3 Å². The van der Waals surface area contributed by atoms with Gasteiger partial charge in [0.1, 0.15) is 11.2 Å². The van der Waals surface area contributed by atoms with Gasteiger partial charge in [0, 0.05) is 5.56 Å². The highest BCUT2D eigenvalue weighted by atomic mass is 15.4. The molecule has 2 heterocycles. The van der Waals surface area contributed by atoms with E-state index in [4.69, 9.17) is 6.57 Å². The third-order valence-corrected chi connectivity index (χ3v) is 4.45. The molecule has 0 unspecified atom stereocenters. The lowest BCUT2D eigenvalue weighted by molar-refractivity contribution is -0.749. The highest BCUT2D eigenvalue weighted by Gasteiger charge is 2.30. The standard InChI is InChI=1S/C18H13N4/c1-11-6-13-9-21-10-15-14(8-19)16(20-3)4-5-17(15)22(21)18(13)7-12(11)2/h4-7,10H,9H2,1-2H3/q+1. The number of benzene rings is 2. The smallest absolute Gasteiger partial charge is 0.205 e. The molecular weight excluding hydrogens is 272 g/mol. The van der Waals surface area contributed by atoms with Gasteiger partial charge in [0.2, 0.25) is 11.9 Å². The van der Waals surface area contributed by atoms with Gasteiger partial charge in [-0.05, 0) is 43.2 Å². The molecule has 4 heteroatoms. The van der Waals surface area contributed by atoms with Crippen LogP contribution in [-0.4, -0.2) is 4.68 Å². The molecule has 3 aromatic rings. The van der Waals surface area contributed by atoms with Crippen LogP contribution in [-0.2, 0) is 6.54 Å². The Bertz CT molecular complexity index is 1040. The first-order valence-corrected chi connectivity index (χ1v) is 7.10. The maximum atomic E-state index is 9.40. The van der Waals surface area contributed by atoms with Gasteiger partial charge in [-0.2, -0.15) is 5.26 Å². The molecule has 0 saturated carbocycles. The average molecular weight is 285 g/mol. The number of hydrogen-bond donors (Lipinski definition) is 0. The second-order valence-corrected chi connectivity index (χ2v) is 5.72. The molecule has 2 aromatic carbocycles. The molecule has 0 amide bonds. The Hall–Kier alpha value is -3.11. The molecule has 4 rings (SSSR count). The normalized spacial score (nSPS) is 11.8. The molecule has 104 valence electrons. The minimum absolute atomic E-state index is 0.417. The number of rotatable bonds is 0. The Morgan fingerprint density at radius 2 is 2.05 bits per heavy atom. The van der Waals surface area contributed by atoms with Gasteiger partial charge in [0.05, 0.1) is 23.6 Å². The molecule has 0 bridgehead atoms. The maximum absolute atomic E-state index is 9.40. The average Bonchev–Trinajstić information content (AvgIpc) is 3.02. The van der Waals surface area contributed by atoms with Gasteiger partial charge in [-0.25, -0.2) is 4.85 Å². The summed E-state index contributed by atoms with van der Waals surface area (Å²) in [4.78, 5) is 3.45. The molecule has 0 N–H and O–H groups in total. The van der Waals surface area contributed by atoms with E-state index in [0.717, 1.165) is 23.1 Å². The highest BCUT2D eigenvalue weighted by molar-refractivity contribution is 5.91. The quantitative estimate of drug-likeness (QED) is 0.361. The van der Waals surface area contributed by atoms with Crippen LogP contribution in [0.4, 0.5) is 5.69 Å². The second-order valence-electron chi connectivity index (χ2n) is 5.72. The lowest BCUT2D eigenvalue weighted by Crippen LogP contribution is -2.36. The van der Waals surface area contributed by atoms with Crippen molar-refractivity contribution < 1.29 is 4.68 Å². The van der Waals surface area contributed by atoms with Crippen LogP contribution in [0.5, 0.6) is 0 Å². The van der Waals surface area contributed by atoms with Crippen LogP contribution >= 0.6 is 0 Å². The second kappa shape index (κ2) is 4.19. The molecule has 0 aliphatic carbocycles. The van der Waals surface area contributed by atoms with Crippen LogP contribution in [0.25, 0.3) is 21.4 Å². The summed E-state index contributed by atoms with van der Waals surface area (Å²) < 4.78 is 4.26. The van der Waals surface area contributed by atoms with E-state index in [1.807, 2.05) is 12.3 Å². The van der Waals surface area contributed by atoms with Crippen molar-refractivity contribution in [1.29, 1.82) is 5.26 Å². The Balaban J connectivity index is 2.09. The van der Waals surface area contributed by atoms with E-state index in [1.54, 1.807) is 6.07 Å². The van der Waals surface area contributed by atoms with Crippen LogP contribution in [0.3, 0.4) is 0 Å². The highest BCUT2D eigenvalue weighted by Crippen LogP contribution is 2.32. The lowest BCUT2D eigenvalue weighted by atomic mass is 10.0. The number of nitrogens with zero attached hydrogens (tertiary/aromatic N) is 4. The Labute approximate surface area is 128 Å². The summed E-state index contributed by atoms with van der Waals surface area (Å²) in [5.74, 6) is 0. The molecule has 22 heavy (non-hydrogen) atoms. The molecule has 0 fully saturated rings. The predicted molar refractivity (Wildman–Crippen MR) is 83.0 cm³/mol. The number of hydrogen-bond acceptors (Lipinski definition) is 1. The number of aromatic nitrogens is 2. The van der Waals surface area contributed by atoms with E-state index < -0.39 is 0 Å². The molecule has 4 nitrogen and oxygen atoms in total. The van der Waals surface area contributed by atoms with E-state index in [1.165, 1.54) is 16.7 Å². The van der Waals surface area contributed by atoms with Crippen LogP contribution < -0.4 is 4.68 Å². The molecule has 0 saturated heterocycles. The Kier molecular flexibility index (Phi) is 2.40. The van der Waals surface area contributed by atoms with Crippen molar-refractivity contribution in [2.45, 2.75) is 20.4 Å². The van der Waals surface area contributed by atoms with Gasteiger partial charge in [-0.15, -0.1) is 9.36 Å². The van der Waals surface area contributed by atoms with Crippen molar-refractivity contribution in [2.75, 3.05) is 0 Å². The summed E-state index contributed by atoms with van der Waals surface area (Å²) >= 11 is 0. The number of fused-ring (bicyclic) bond motifs is 5. The molecule has 1 aliphatic rings. The van der Waals surface area contributed by atoms with Crippen LogP contribution in [0.2, 0.25) is 0 Å². The topological polar surface area (TPSA) is 37.0 Å². The monoisotopic (exact) mass is 285 g/mol. The first-order chi connectivity index (χ1) is 10.6. The van der Waals surface area contributed by atoms with E-state index in [9.17, 15) is 5.26 Å². The van der Waals surface area contributed by atoms with E-state index in [-0.39, 0.29) is 0 Å². The van der Waals surface area contributed by atoms with E-state index in [2.05, 4.69) is 46.3 Å². The van der Waals surface area contributed by atoms with Crippen molar-refractivity contribution in [3.63, 3.8) is 0 Å². The molecule has 0 spiro atoms.